The lowest BCUT2D eigenvalue weighted by atomic mass is 10.4. The van der Waals surface area contributed by atoms with Crippen LogP contribution in [0, 0.1) is 0 Å². The van der Waals surface area contributed by atoms with Gasteiger partial charge in [0.05, 0.1) is 6.61 Å². The predicted molar refractivity (Wildman–Crippen MR) is 25.6 cm³/mol. The Morgan fingerprint density at radius 2 is 1.50 bits per heavy atom. The van der Waals surface area contributed by atoms with E-state index in [1.165, 1.54) is 0 Å². The van der Waals surface area contributed by atoms with E-state index in [2.05, 4.69) is 11.6 Å². The first kappa shape index (κ1) is 8.07. The van der Waals surface area contributed by atoms with Crippen LogP contribution in [0.1, 0.15) is 0 Å². The van der Waals surface area contributed by atoms with Gasteiger partial charge in [-0.1, -0.05) is 11.6 Å². The topological polar surface area (TPSA) is 20.2 Å². The lowest BCUT2D eigenvalue weighted by Crippen LogP contribution is -2.18. The molecule has 1 aliphatic carbocycles. The average Bonchev–Trinajstić information content (AvgIpc) is 2.11. The number of aliphatic hydroxyl groups excluding tert-OH is 1. The maximum absolute atomic E-state index is 12.3. The molecule has 1 nitrogen and oxygen atoms in total. The van der Waals surface area contributed by atoms with Crippen LogP contribution in [0.2, 0.25) is 0 Å². The van der Waals surface area contributed by atoms with Crippen molar-refractivity contribution in [3.8, 4) is 0 Å². The second-order valence-electron chi connectivity index (χ2n) is 2.11. The summed E-state index contributed by atoms with van der Waals surface area (Å²) in [6, 6.07) is 0. The second-order valence-corrected chi connectivity index (χ2v) is 2.63. The van der Waals surface area contributed by atoms with Crippen LogP contribution in [0.3, 0.4) is 0 Å². The third-order valence-corrected chi connectivity index (χ3v) is 2.08. The van der Waals surface area contributed by atoms with E-state index in [4.69, 9.17) is 5.11 Å². The molecule has 0 radical (unpaired) electrons. The van der Waals surface area contributed by atoms with Crippen LogP contribution >= 0.6 is 11.6 Å². The molecule has 0 heterocycles. The molecule has 0 aromatic heterocycles. The molecule has 1 saturated carbocycles. The molecule has 1 aliphatic rings. The van der Waals surface area contributed by atoms with Crippen molar-refractivity contribution < 1.29 is 22.7 Å². The molecule has 1 fully saturated rings. The van der Waals surface area contributed by atoms with Crippen molar-refractivity contribution in [2.24, 2.45) is 0 Å². The Morgan fingerprint density at radius 1 is 1.20 bits per heavy atom. The molecule has 0 aromatic rings. The minimum Gasteiger partial charge on any atom is -0.393 e. The maximum atomic E-state index is 12.3. The highest BCUT2D eigenvalue weighted by atomic mass is 35.5. The Bertz CT molecular complexity index is 155. The van der Waals surface area contributed by atoms with Crippen molar-refractivity contribution in [2.75, 3.05) is 6.61 Å². The van der Waals surface area contributed by atoms with Crippen molar-refractivity contribution in [2.45, 2.75) is 16.7 Å². The summed E-state index contributed by atoms with van der Waals surface area (Å²) in [5, 5.41) is 4.23. The zero-order valence-corrected chi connectivity index (χ0v) is 5.30. The van der Waals surface area contributed by atoms with Crippen LogP contribution in [-0.4, -0.2) is 28.4 Å². The quantitative estimate of drug-likeness (QED) is 0.473. The van der Waals surface area contributed by atoms with Gasteiger partial charge in [0, 0.05) is 0 Å². The Labute approximate surface area is 58.6 Å². The summed E-state index contributed by atoms with van der Waals surface area (Å²) in [4.78, 5) is 0. The fourth-order valence-corrected chi connectivity index (χ4v) is 0.918. The van der Waals surface area contributed by atoms with Gasteiger partial charge in [-0.3, -0.25) is 0 Å². The first-order valence-electron chi connectivity index (χ1n) is 2.36. The maximum Gasteiger partial charge on any atom is 0.339 e. The molecule has 0 saturated heterocycles. The van der Waals surface area contributed by atoms with Gasteiger partial charge in [0.2, 0.25) is 0 Å². The summed E-state index contributed by atoms with van der Waals surface area (Å²) < 4.78 is 48.2. The van der Waals surface area contributed by atoms with E-state index in [-0.39, 0.29) is 0 Å². The summed E-state index contributed by atoms with van der Waals surface area (Å²) in [5.41, 5.74) is -3.60. The average molecular weight is 179 g/mol. The number of hydrogen-bond acceptors (Lipinski definition) is 1. The van der Waals surface area contributed by atoms with Gasteiger partial charge in [-0.25, -0.2) is 8.78 Å². The van der Waals surface area contributed by atoms with Crippen molar-refractivity contribution >= 4 is 11.6 Å². The summed E-state index contributed by atoms with van der Waals surface area (Å²) in [5.74, 6) is -4.27. The Hall–Kier alpha value is -0.0300. The lowest BCUT2D eigenvalue weighted by molar-refractivity contribution is 0.0128. The van der Waals surface area contributed by atoms with Crippen LogP contribution in [0.25, 0.3) is 0 Å². The predicted octanol–water partition coefficient (Wildman–Crippen LogP) is 1.24. The molecule has 0 spiro atoms. The Kier molecular flexibility index (Phi) is 1.28. The molecule has 60 valence electrons. The molecule has 0 bridgehead atoms. The largest absolute Gasteiger partial charge is 0.393 e. The van der Waals surface area contributed by atoms with Gasteiger partial charge in [-0.05, 0) is 0 Å². The summed E-state index contributed by atoms with van der Waals surface area (Å²) >= 11 is 4.39. The molecule has 6 heteroatoms. The third-order valence-electron chi connectivity index (χ3n) is 1.55. The first-order chi connectivity index (χ1) is 4.31. The van der Waals surface area contributed by atoms with E-state index in [0.29, 0.717) is 0 Å². The SMILES string of the molecule is OCC1(F)C(F)(F)C1(F)Cl. The summed E-state index contributed by atoms with van der Waals surface area (Å²) in [7, 11) is 0. The van der Waals surface area contributed by atoms with E-state index < -0.39 is 23.3 Å². The van der Waals surface area contributed by atoms with Crippen LogP contribution in [0.5, 0.6) is 0 Å². The molecule has 1 N–H and O–H groups in total. The highest BCUT2D eigenvalue weighted by molar-refractivity contribution is 6.27. The van der Waals surface area contributed by atoms with Crippen LogP contribution in [0.4, 0.5) is 17.6 Å². The van der Waals surface area contributed by atoms with E-state index in [9.17, 15) is 17.6 Å². The number of hydrogen-bond donors (Lipinski definition) is 1. The molecule has 10 heavy (non-hydrogen) atoms. The molecular formula is C4H3ClF4O. The van der Waals surface area contributed by atoms with Crippen LogP contribution < -0.4 is 0 Å². The number of rotatable bonds is 1. The number of alkyl halides is 5. The van der Waals surface area contributed by atoms with E-state index in [1.807, 2.05) is 0 Å². The van der Waals surface area contributed by atoms with E-state index in [0.717, 1.165) is 0 Å². The van der Waals surface area contributed by atoms with Gasteiger partial charge in [-0.15, -0.1) is 0 Å². The molecule has 1 rings (SSSR count). The first-order valence-corrected chi connectivity index (χ1v) is 2.74. The molecule has 2 atom stereocenters. The van der Waals surface area contributed by atoms with Gasteiger partial charge >= 0.3 is 5.92 Å². The van der Waals surface area contributed by atoms with Gasteiger partial charge in [0.1, 0.15) is 0 Å². The fourth-order valence-electron chi connectivity index (χ4n) is 0.637. The zero-order chi connectivity index (χ0) is 8.21. The normalized spacial score (nSPS) is 51.0. The molecule has 2 unspecified atom stereocenters. The standard InChI is InChI=1S/C4H3ClF4O/c5-3(7)2(6,1-10)4(3,8)9/h10H,1H2. The van der Waals surface area contributed by atoms with Gasteiger partial charge < -0.3 is 5.11 Å². The van der Waals surface area contributed by atoms with Gasteiger partial charge in [-0.2, -0.15) is 8.78 Å². The van der Waals surface area contributed by atoms with Gasteiger partial charge in [0.15, 0.2) is 0 Å². The monoisotopic (exact) mass is 178 g/mol. The smallest absolute Gasteiger partial charge is 0.339 e. The minimum absolute atomic E-state index is 1.61. The number of aliphatic hydroxyl groups is 1. The molecule has 0 amide bonds. The fraction of sp³-hybridized carbons (Fsp3) is 1.00. The highest BCUT2D eigenvalue weighted by Crippen LogP contribution is 2.69. The van der Waals surface area contributed by atoms with Gasteiger partial charge in [0.25, 0.3) is 10.8 Å². The Balaban J connectivity index is 2.90. The Morgan fingerprint density at radius 3 is 1.50 bits per heavy atom. The second kappa shape index (κ2) is 1.58. The third kappa shape index (κ3) is 0.495. The highest BCUT2D eigenvalue weighted by Gasteiger charge is 2.96. The van der Waals surface area contributed by atoms with Crippen LogP contribution in [0.15, 0.2) is 0 Å². The van der Waals surface area contributed by atoms with Crippen molar-refractivity contribution in [3.05, 3.63) is 0 Å². The van der Waals surface area contributed by atoms with Crippen molar-refractivity contribution in [1.82, 2.24) is 0 Å². The van der Waals surface area contributed by atoms with E-state index >= 15 is 0 Å². The molecule has 0 aliphatic heterocycles. The summed E-state index contributed by atoms with van der Waals surface area (Å²) in [6.45, 7) is -1.61. The zero-order valence-electron chi connectivity index (χ0n) is 4.54. The number of halogens is 5. The molecule has 0 aromatic carbocycles. The van der Waals surface area contributed by atoms with Crippen molar-refractivity contribution in [3.63, 3.8) is 0 Å². The van der Waals surface area contributed by atoms with E-state index in [1.54, 1.807) is 0 Å². The minimum atomic E-state index is -4.27. The lowest BCUT2D eigenvalue weighted by Gasteiger charge is -1.96. The summed E-state index contributed by atoms with van der Waals surface area (Å²) in [6.07, 6.45) is 0. The van der Waals surface area contributed by atoms with Crippen molar-refractivity contribution in [1.29, 1.82) is 0 Å². The molecular weight excluding hydrogens is 175 g/mol. The van der Waals surface area contributed by atoms with Crippen LogP contribution in [-0.2, 0) is 0 Å².